The zero-order chi connectivity index (χ0) is 30.7. The normalized spacial score (nSPS) is 19.0. The van der Waals surface area contributed by atoms with E-state index in [1.165, 1.54) is 30.5 Å². The first kappa shape index (κ1) is 29.2. The minimum atomic E-state index is -4.71. The number of alkyl halides is 3. The molecule has 4 heterocycles. The average molecular weight is 619 g/mol. The first-order valence-electron chi connectivity index (χ1n) is 13.3. The number of hydrogen-bond acceptors (Lipinski definition) is 6. The summed E-state index contributed by atoms with van der Waals surface area (Å²) >= 11 is 0. The minimum Gasteiger partial charge on any atom is -0.481 e. The molecule has 2 aromatic carbocycles. The molecule has 2 unspecified atom stereocenters. The molecular formula is C29H26F4N4O5S. The summed E-state index contributed by atoms with van der Waals surface area (Å²) in [7, 11) is -1.78. The molecule has 0 saturated carbocycles. The Kier molecular flexibility index (Phi) is 7.26. The number of nitrogens with zero attached hydrogens (tertiary/aromatic N) is 4. The van der Waals surface area contributed by atoms with Crippen LogP contribution >= 0.6 is 0 Å². The molecule has 1 fully saturated rings. The van der Waals surface area contributed by atoms with Crippen LogP contribution in [0.25, 0.3) is 5.65 Å². The molecule has 0 bridgehead atoms. The van der Waals surface area contributed by atoms with Crippen molar-refractivity contribution < 1.29 is 41.1 Å². The van der Waals surface area contributed by atoms with E-state index in [9.17, 15) is 31.7 Å². The van der Waals surface area contributed by atoms with Gasteiger partial charge in [0.05, 0.1) is 31.1 Å². The minimum absolute atomic E-state index is 0.0218. The van der Waals surface area contributed by atoms with Crippen molar-refractivity contribution in [3.8, 4) is 5.75 Å². The van der Waals surface area contributed by atoms with Gasteiger partial charge in [0.1, 0.15) is 22.6 Å². The first-order chi connectivity index (χ1) is 20.3. The summed E-state index contributed by atoms with van der Waals surface area (Å²) in [6.45, 7) is 4.41. The van der Waals surface area contributed by atoms with E-state index in [0.29, 0.717) is 22.4 Å². The molecule has 226 valence electrons. The molecule has 2 aliphatic rings. The fourth-order valence-corrected chi connectivity index (χ4v) is 6.98. The van der Waals surface area contributed by atoms with E-state index < -0.39 is 46.3 Å². The second kappa shape index (κ2) is 10.7. The number of carboxylic acid groups (broad SMARTS) is 1. The van der Waals surface area contributed by atoms with E-state index >= 15 is 0 Å². The Bertz CT molecular complexity index is 1770. The van der Waals surface area contributed by atoms with Gasteiger partial charge < -0.3 is 14.6 Å². The summed E-state index contributed by atoms with van der Waals surface area (Å²) in [5.74, 6) is -3.22. The summed E-state index contributed by atoms with van der Waals surface area (Å²) < 4.78 is 82.3. The van der Waals surface area contributed by atoms with Crippen LogP contribution in [0, 0.1) is 19.7 Å². The predicted octanol–water partition coefficient (Wildman–Crippen LogP) is 4.80. The number of aryl methyl sites for hydroxylation is 2. The zero-order valence-electron chi connectivity index (χ0n) is 23.0. The highest BCUT2D eigenvalue weighted by atomic mass is 32.2. The van der Waals surface area contributed by atoms with E-state index in [2.05, 4.69) is 10.2 Å². The molecule has 2 aromatic heterocycles. The van der Waals surface area contributed by atoms with Crippen molar-refractivity contribution in [2.75, 3.05) is 19.8 Å². The molecule has 1 saturated heterocycles. The Labute approximate surface area is 245 Å². The summed E-state index contributed by atoms with van der Waals surface area (Å²) in [5.41, 5.74) is 2.29. The monoisotopic (exact) mass is 618 g/mol. The average Bonchev–Trinajstić information content (AvgIpc) is 3.33. The topological polar surface area (TPSA) is 106 Å². The number of hydrogen-bond donors (Lipinski definition) is 1. The van der Waals surface area contributed by atoms with Crippen molar-refractivity contribution in [3.63, 3.8) is 0 Å². The van der Waals surface area contributed by atoms with Crippen LogP contribution in [0.15, 0.2) is 53.6 Å². The van der Waals surface area contributed by atoms with E-state index in [0.717, 1.165) is 15.5 Å². The van der Waals surface area contributed by atoms with Gasteiger partial charge in [0, 0.05) is 18.7 Å². The Morgan fingerprint density at radius 3 is 2.58 bits per heavy atom. The Hall–Kier alpha value is -3.88. The second-order valence-electron chi connectivity index (χ2n) is 10.9. The van der Waals surface area contributed by atoms with Gasteiger partial charge in [0.15, 0.2) is 11.2 Å². The van der Waals surface area contributed by atoms with E-state index in [1.807, 2.05) is 19.1 Å². The number of aromatic nitrogens is 3. The third kappa shape index (κ3) is 5.38. The number of aliphatic carboxylic acids is 1. The lowest BCUT2D eigenvalue weighted by atomic mass is 9.85. The smallest absolute Gasteiger partial charge is 0.452 e. The van der Waals surface area contributed by atoms with Gasteiger partial charge in [-0.15, -0.1) is 10.2 Å². The number of carbonyl (C=O) groups is 1. The lowest BCUT2D eigenvalue weighted by molar-refractivity contribution is -0.165. The highest BCUT2D eigenvalue weighted by Crippen LogP contribution is 2.38. The summed E-state index contributed by atoms with van der Waals surface area (Å²) in [5, 5.41) is 16.8. The molecule has 0 radical (unpaired) electrons. The van der Waals surface area contributed by atoms with Crippen LogP contribution in [0.2, 0.25) is 0 Å². The number of carboxylic acids is 1. The van der Waals surface area contributed by atoms with Gasteiger partial charge in [-0.3, -0.25) is 9.20 Å². The molecule has 1 spiro atoms. The quantitative estimate of drug-likeness (QED) is 0.310. The lowest BCUT2D eigenvalue weighted by Crippen LogP contribution is -2.60. The van der Waals surface area contributed by atoms with Gasteiger partial charge in [-0.1, -0.05) is 18.2 Å². The highest BCUT2D eigenvalue weighted by molar-refractivity contribution is 7.82. The van der Waals surface area contributed by atoms with Crippen molar-refractivity contribution in [1.82, 2.24) is 18.9 Å². The SMILES string of the molecule is Cc1ccc(C(CC(=O)O)c2ccn3c(C(F)(F)F)nnc3c2C)cc1CN1CC2(COC2)Oc2ccc(F)cc2S1=O. The number of fused-ring (bicyclic) bond motifs is 2. The van der Waals surface area contributed by atoms with Crippen LogP contribution in [0.5, 0.6) is 5.75 Å². The van der Waals surface area contributed by atoms with Crippen molar-refractivity contribution in [2.45, 2.75) is 49.4 Å². The summed E-state index contributed by atoms with van der Waals surface area (Å²) in [4.78, 5) is 12.2. The Morgan fingerprint density at radius 2 is 1.91 bits per heavy atom. The molecule has 14 heteroatoms. The number of pyridine rings is 1. The maximum atomic E-state index is 14.2. The van der Waals surface area contributed by atoms with Crippen LogP contribution in [0.3, 0.4) is 0 Å². The highest BCUT2D eigenvalue weighted by Gasteiger charge is 2.47. The number of rotatable bonds is 6. The van der Waals surface area contributed by atoms with Crippen molar-refractivity contribution >= 4 is 22.6 Å². The van der Waals surface area contributed by atoms with Gasteiger partial charge in [-0.25, -0.2) is 12.9 Å². The van der Waals surface area contributed by atoms with Crippen molar-refractivity contribution in [3.05, 3.63) is 88.1 Å². The van der Waals surface area contributed by atoms with E-state index in [-0.39, 0.29) is 43.3 Å². The zero-order valence-corrected chi connectivity index (χ0v) is 23.8. The van der Waals surface area contributed by atoms with Gasteiger partial charge in [-0.05, 0) is 65.9 Å². The molecule has 0 aliphatic carbocycles. The first-order valence-corrected chi connectivity index (χ1v) is 14.4. The van der Waals surface area contributed by atoms with Crippen LogP contribution < -0.4 is 4.74 Å². The third-order valence-corrected chi connectivity index (χ3v) is 9.27. The molecule has 2 atom stereocenters. The van der Waals surface area contributed by atoms with Gasteiger partial charge >= 0.3 is 12.1 Å². The third-order valence-electron chi connectivity index (χ3n) is 7.85. The maximum absolute atomic E-state index is 14.2. The molecule has 43 heavy (non-hydrogen) atoms. The lowest BCUT2D eigenvalue weighted by Gasteiger charge is -2.42. The molecule has 0 amide bonds. The van der Waals surface area contributed by atoms with Crippen molar-refractivity contribution in [1.29, 1.82) is 0 Å². The predicted molar refractivity (Wildman–Crippen MR) is 145 cm³/mol. The van der Waals surface area contributed by atoms with Crippen LogP contribution in [0.4, 0.5) is 17.6 Å². The summed E-state index contributed by atoms with van der Waals surface area (Å²) in [6.07, 6.45) is -3.85. The summed E-state index contributed by atoms with van der Waals surface area (Å²) in [6, 6.07) is 10.8. The number of benzene rings is 2. The Morgan fingerprint density at radius 1 is 1.14 bits per heavy atom. The Balaban J connectivity index is 1.38. The molecule has 1 N–H and O–H groups in total. The fraction of sp³-hybridized carbons (Fsp3) is 0.345. The van der Waals surface area contributed by atoms with Gasteiger partial charge in [0.2, 0.25) is 5.82 Å². The number of ether oxygens (including phenoxy) is 2. The molecule has 4 aromatic rings. The van der Waals surface area contributed by atoms with Crippen LogP contribution in [0.1, 0.15) is 46.0 Å². The number of halogens is 4. The van der Waals surface area contributed by atoms with Gasteiger partial charge in [0.25, 0.3) is 0 Å². The van der Waals surface area contributed by atoms with E-state index in [4.69, 9.17) is 9.47 Å². The molecule has 2 aliphatic heterocycles. The van der Waals surface area contributed by atoms with Crippen molar-refractivity contribution in [2.24, 2.45) is 0 Å². The standard InChI is InChI=1S/C29H26F4N4O5S/c1-16-3-4-18(22(11-25(38)39)21-7-8-37-26(17(21)2)34-35-27(37)29(31,32)33)9-19(16)12-36-13-28(14-41-15-28)42-23-6-5-20(30)10-24(23)43(36)40/h3-10,22H,11-15H2,1-2H3,(H,38,39). The van der Waals surface area contributed by atoms with Crippen LogP contribution in [-0.2, 0) is 33.2 Å². The largest absolute Gasteiger partial charge is 0.481 e. The van der Waals surface area contributed by atoms with Crippen LogP contribution in [-0.4, -0.2) is 59.5 Å². The maximum Gasteiger partial charge on any atom is 0.452 e. The fourth-order valence-electron chi connectivity index (χ4n) is 5.60. The molecule has 9 nitrogen and oxygen atoms in total. The molecular weight excluding hydrogens is 592 g/mol. The second-order valence-corrected chi connectivity index (χ2v) is 12.3. The molecule has 6 rings (SSSR count). The van der Waals surface area contributed by atoms with E-state index in [1.54, 1.807) is 17.3 Å². The van der Waals surface area contributed by atoms with Gasteiger partial charge in [-0.2, -0.15) is 13.2 Å².